The molecule has 1 fully saturated rings. The van der Waals surface area contributed by atoms with Crippen LogP contribution in [-0.2, 0) is 17.6 Å². The van der Waals surface area contributed by atoms with Crippen LogP contribution in [0.25, 0.3) is 0 Å². The first-order chi connectivity index (χ1) is 13.5. The van der Waals surface area contributed by atoms with Gasteiger partial charge in [-0.15, -0.1) is 10.2 Å². The van der Waals surface area contributed by atoms with Crippen molar-refractivity contribution in [3.63, 3.8) is 0 Å². The number of aryl methyl sites for hydroxylation is 2. The summed E-state index contributed by atoms with van der Waals surface area (Å²) in [4.78, 5) is 27.0. The molecule has 2 atom stereocenters. The molecule has 28 heavy (non-hydrogen) atoms. The van der Waals surface area contributed by atoms with Crippen molar-refractivity contribution in [2.75, 3.05) is 32.2 Å². The van der Waals surface area contributed by atoms with Crippen LogP contribution in [0, 0.1) is 0 Å². The van der Waals surface area contributed by atoms with Crippen LogP contribution in [0.5, 0.6) is 0 Å². The fraction of sp³-hybridized carbons (Fsp3) is 0.526. The van der Waals surface area contributed by atoms with E-state index >= 15 is 0 Å². The van der Waals surface area contributed by atoms with Crippen molar-refractivity contribution in [1.82, 2.24) is 25.3 Å². The van der Waals surface area contributed by atoms with E-state index in [9.17, 15) is 9.59 Å². The van der Waals surface area contributed by atoms with Crippen LogP contribution in [0.1, 0.15) is 40.6 Å². The van der Waals surface area contributed by atoms with E-state index in [1.54, 1.807) is 18.2 Å². The number of nitrogens with zero attached hydrogens (tertiary/aromatic N) is 5. The van der Waals surface area contributed by atoms with Crippen molar-refractivity contribution in [2.45, 2.75) is 37.8 Å². The second-order valence-electron chi connectivity index (χ2n) is 7.46. The molecule has 3 heterocycles. The van der Waals surface area contributed by atoms with Gasteiger partial charge in [0.15, 0.2) is 11.5 Å². The highest BCUT2D eigenvalue weighted by Gasteiger charge is 2.33. The van der Waals surface area contributed by atoms with E-state index in [0.717, 1.165) is 36.9 Å². The molecular weight excluding hydrogens is 360 g/mol. The lowest BCUT2D eigenvalue weighted by atomic mass is 9.97. The molecule has 2 aromatic heterocycles. The molecule has 1 saturated heterocycles. The molecule has 0 spiro atoms. The zero-order chi connectivity index (χ0) is 19.7. The van der Waals surface area contributed by atoms with Crippen molar-refractivity contribution in [2.24, 2.45) is 0 Å². The molecule has 1 amide bonds. The van der Waals surface area contributed by atoms with Crippen molar-refractivity contribution in [3.05, 3.63) is 45.5 Å². The first-order valence-electron chi connectivity index (χ1n) is 9.54. The average molecular weight is 384 g/mol. The van der Waals surface area contributed by atoms with Gasteiger partial charge in [-0.1, -0.05) is 0 Å². The quantitative estimate of drug-likeness (QED) is 0.811. The summed E-state index contributed by atoms with van der Waals surface area (Å²) in [5.74, 6) is 0.327. The van der Waals surface area contributed by atoms with Crippen LogP contribution >= 0.6 is 0 Å². The Morgan fingerprint density at radius 2 is 2.04 bits per heavy atom. The minimum absolute atomic E-state index is 0.148. The van der Waals surface area contributed by atoms with Crippen LogP contribution in [0.3, 0.4) is 0 Å². The zero-order valence-electron chi connectivity index (χ0n) is 16.1. The Morgan fingerprint density at radius 1 is 1.21 bits per heavy atom. The van der Waals surface area contributed by atoms with Gasteiger partial charge in [0, 0.05) is 20.2 Å². The normalized spacial score (nSPS) is 21.2. The summed E-state index contributed by atoms with van der Waals surface area (Å²) in [5, 5.41) is 15.5. The minimum atomic E-state index is -0.352. The number of rotatable bonds is 4. The Kier molecular flexibility index (Phi) is 5.08. The van der Waals surface area contributed by atoms with E-state index in [0.29, 0.717) is 19.0 Å². The Hall–Kier alpha value is -2.81. The SMILES string of the molecule is CN(C)c1ccc(C(=O)NC2COCC2n2nc3c(cc2=O)CCCC3)nn1. The summed E-state index contributed by atoms with van der Waals surface area (Å²) >= 11 is 0. The molecule has 2 unspecified atom stereocenters. The zero-order valence-corrected chi connectivity index (χ0v) is 16.1. The standard InChI is InChI=1S/C19H24N6O3/c1-24(2)17-8-7-14(21-22-17)19(27)20-15-10-28-11-16(15)25-18(26)9-12-5-3-4-6-13(12)23-25/h7-9,15-16H,3-6,10-11H2,1-2H3,(H,20,27). The maximum Gasteiger partial charge on any atom is 0.272 e. The number of hydrogen-bond donors (Lipinski definition) is 1. The van der Waals surface area contributed by atoms with Gasteiger partial charge in [-0.05, 0) is 43.4 Å². The molecular formula is C19H24N6O3. The molecule has 148 valence electrons. The van der Waals surface area contributed by atoms with Crippen molar-refractivity contribution < 1.29 is 9.53 Å². The van der Waals surface area contributed by atoms with Gasteiger partial charge in [-0.25, -0.2) is 4.68 Å². The van der Waals surface area contributed by atoms with E-state index in [1.165, 1.54) is 4.68 Å². The van der Waals surface area contributed by atoms with E-state index < -0.39 is 0 Å². The fourth-order valence-electron chi connectivity index (χ4n) is 3.66. The van der Waals surface area contributed by atoms with Gasteiger partial charge in [-0.2, -0.15) is 5.10 Å². The summed E-state index contributed by atoms with van der Waals surface area (Å²) in [7, 11) is 3.71. The Balaban J connectivity index is 1.52. The molecule has 1 aliphatic heterocycles. The summed E-state index contributed by atoms with van der Waals surface area (Å²) in [5.41, 5.74) is 2.10. The number of fused-ring (bicyclic) bond motifs is 1. The topological polar surface area (TPSA) is 102 Å². The lowest BCUT2D eigenvalue weighted by Gasteiger charge is -2.22. The van der Waals surface area contributed by atoms with Crippen LogP contribution in [0.15, 0.2) is 23.0 Å². The highest BCUT2D eigenvalue weighted by Crippen LogP contribution is 2.21. The maximum absolute atomic E-state index is 12.6. The number of anilines is 1. The van der Waals surface area contributed by atoms with Gasteiger partial charge in [0.2, 0.25) is 0 Å². The van der Waals surface area contributed by atoms with Crippen LogP contribution < -0.4 is 15.8 Å². The van der Waals surface area contributed by atoms with Crippen molar-refractivity contribution >= 4 is 11.7 Å². The van der Waals surface area contributed by atoms with Crippen molar-refractivity contribution in [1.29, 1.82) is 0 Å². The van der Waals surface area contributed by atoms with Gasteiger partial charge >= 0.3 is 0 Å². The van der Waals surface area contributed by atoms with E-state index in [4.69, 9.17) is 4.74 Å². The molecule has 0 saturated carbocycles. The predicted octanol–water partition coefficient (Wildman–Crippen LogP) is 0.348. The molecule has 9 nitrogen and oxygen atoms in total. The molecule has 2 aliphatic rings. The number of carbonyl (C=O) groups is 1. The van der Waals surface area contributed by atoms with Gasteiger partial charge in [0.1, 0.15) is 6.04 Å². The first kappa shape index (κ1) is 18.5. The van der Waals surface area contributed by atoms with Gasteiger partial charge < -0.3 is 15.0 Å². The number of ether oxygens (including phenoxy) is 1. The van der Waals surface area contributed by atoms with Crippen LogP contribution in [0.2, 0.25) is 0 Å². The predicted molar refractivity (Wildman–Crippen MR) is 103 cm³/mol. The highest BCUT2D eigenvalue weighted by molar-refractivity contribution is 5.92. The van der Waals surface area contributed by atoms with Crippen LogP contribution in [0.4, 0.5) is 5.82 Å². The third kappa shape index (κ3) is 3.62. The largest absolute Gasteiger partial charge is 0.377 e. The van der Waals surface area contributed by atoms with E-state index in [2.05, 4.69) is 20.6 Å². The molecule has 2 aromatic rings. The molecule has 1 aliphatic carbocycles. The average Bonchev–Trinajstić information content (AvgIpc) is 3.15. The summed E-state index contributed by atoms with van der Waals surface area (Å²) in [6, 6.07) is 4.36. The van der Waals surface area contributed by atoms with Crippen molar-refractivity contribution in [3.8, 4) is 0 Å². The van der Waals surface area contributed by atoms with E-state index in [-0.39, 0.29) is 29.2 Å². The van der Waals surface area contributed by atoms with Gasteiger partial charge in [0.05, 0.1) is 24.9 Å². The lowest BCUT2D eigenvalue weighted by Crippen LogP contribution is -2.44. The fourth-order valence-corrected chi connectivity index (χ4v) is 3.66. The third-order valence-corrected chi connectivity index (χ3v) is 5.25. The second kappa shape index (κ2) is 7.67. The van der Waals surface area contributed by atoms with Gasteiger partial charge in [0.25, 0.3) is 11.5 Å². The highest BCUT2D eigenvalue weighted by atomic mass is 16.5. The molecule has 0 aromatic carbocycles. The number of hydrogen-bond acceptors (Lipinski definition) is 7. The summed E-state index contributed by atoms with van der Waals surface area (Å²) < 4.78 is 7.03. The van der Waals surface area contributed by atoms with Gasteiger partial charge in [-0.3, -0.25) is 9.59 Å². The summed E-state index contributed by atoms with van der Waals surface area (Å²) in [6.45, 7) is 0.659. The molecule has 9 heteroatoms. The smallest absolute Gasteiger partial charge is 0.272 e. The Bertz CT molecular complexity index is 924. The second-order valence-corrected chi connectivity index (χ2v) is 7.46. The third-order valence-electron chi connectivity index (χ3n) is 5.25. The van der Waals surface area contributed by atoms with E-state index in [1.807, 2.05) is 19.0 Å². The number of aromatic nitrogens is 4. The Labute approximate surface area is 162 Å². The molecule has 0 radical (unpaired) electrons. The number of amides is 1. The lowest BCUT2D eigenvalue weighted by molar-refractivity contribution is 0.0918. The molecule has 0 bridgehead atoms. The molecule has 4 rings (SSSR count). The number of carbonyl (C=O) groups excluding carboxylic acids is 1. The monoisotopic (exact) mass is 384 g/mol. The molecule has 1 N–H and O–H groups in total. The number of nitrogens with one attached hydrogen (secondary N) is 1. The van der Waals surface area contributed by atoms with Crippen LogP contribution in [-0.4, -0.2) is 59.2 Å². The summed E-state index contributed by atoms with van der Waals surface area (Å²) in [6.07, 6.45) is 3.97. The maximum atomic E-state index is 12.6. The Morgan fingerprint density at radius 3 is 2.79 bits per heavy atom. The minimum Gasteiger partial charge on any atom is -0.377 e. The first-order valence-corrected chi connectivity index (χ1v) is 9.54.